The van der Waals surface area contributed by atoms with E-state index in [4.69, 9.17) is 6.85 Å². The third-order valence-corrected chi connectivity index (χ3v) is 9.66. The van der Waals surface area contributed by atoms with Gasteiger partial charge in [0.25, 0.3) is 0 Å². The molecule has 2 aliphatic carbocycles. The lowest BCUT2D eigenvalue weighted by Crippen LogP contribution is -2.19. The normalized spacial score (nSPS) is 17.3. The lowest BCUT2D eigenvalue weighted by molar-refractivity contribution is 0.694. The molecule has 0 aromatic heterocycles. The minimum atomic E-state index is -0.408. The van der Waals surface area contributed by atoms with E-state index >= 15 is 0 Å². The molecule has 0 radical (unpaired) electrons. The van der Waals surface area contributed by atoms with E-state index in [1.165, 1.54) is 33.4 Å². The van der Waals surface area contributed by atoms with Gasteiger partial charge in [-0.1, -0.05) is 137 Å². The van der Waals surface area contributed by atoms with Crippen LogP contribution in [0.5, 0.6) is 0 Å². The topological polar surface area (TPSA) is 3.24 Å². The Kier molecular flexibility index (Phi) is 5.08. The maximum atomic E-state index is 8.69. The van der Waals surface area contributed by atoms with Crippen molar-refractivity contribution in [2.24, 2.45) is 0 Å². The standard InChI is InChI=1S/C44H37N/c1-43(2)39-18-12-11-17-37(39)41-42(43)38-26-22-31(28-40(38)44(41,3)4)20-19-30-21-23-33-29-36(25-24-32(33)27-30)45(34-13-7-5-8-14-34)35-15-9-6-10-16-35/h5-29H,1-4H3/b20-19+/i5D,7D,8D,13D,14D. The minimum Gasteiger partial charge on any atom is -0.310 e. The molecule has 0 fully saturated rings. The highest BCUT2D eigenvalue weighted by atomic mass is 15.1. The predicted molar refractivity (Wildman–Crippen MR) is 193 cm³/mol. The van der Waals surface area contributed by atoms with Crippen LogP contribution in [0.1, 0.15) is 67.9 Å². The van der Waals surface area contributed by atoms with E-state index in [-0.39, 0.29) is 40.7 Å². The first-order chi connectivity index (χ1) is 23.9. The molecule has 0 aliphatic heterocycles. The Labute approximate surface area is 273 Å². The summed E-state index contributed by atoms with van der Waals surface area (Å²) in [7, 11) is 0. The number of hydrogen-bond acceptors (Lipinski definition) is 1. The third-order valence-electron chi connectivity index (χ3n) is 9.66. The molecule has 0 unspecified atom stereocenters. The van der Waals surface area contributed by atoms with Crippen molar-refractivity contribution in [3.05, 3.63) is 173 Å². The van der Waals surface area contributed by atoms with Crippen LogP contribution >= 0.6 is 0 Å². The quantitative estimate of drug-likeness (QED) is 0.182. The monoisotopic (exact) mass is 584 g/mol. The second-order valence-corrected chi connectivity index (χ2v) is 13.1. The summed E-state index contributed by atoms with van der Waals surface area (Å²) in [6, 6.07) is 35.8. The molecule has 0 heterocycles. The molecule has 6 aromatic carbocycles. The summed E-state index contributed by atoms with van der Waals surface area (Å²) < 4.78 is 42.1. The van der Waals surface area contributed by atoms with Gasteiger partial charge in [-0.15, -0.1) is 0 Å². The molecule has 0 bridgehead atoms. The van der Waals surface area contributed by atoms with Crippen LogP contribution in [0.15, 0.2) is 139 Å². The SMILES string of the molecule is [2H]c1c([2H])c([2H])c(N(c2ccccc2)c2ccc3cc(/C=C/c4ccc5c(c4)C(C)(C)C4=C5C(C)(C)c5ccccc54)ccc3c2)c([2H])c1[2H]. The fourth-order valence-corrected chi connectivity index (χ4v) is 7.51. The zero-order valence-corrected chi connectivity index (χ0v) is 26.0. The summed E-state index contributed by atoms with van der Waals surface area (Å²) >= 11 is 0. The van der Waals surface area contributed by atoms with E-state index in [1.807, 2.05) is 48.5 Å². The van der Waals surface area contributed by atoms with Gasteiger partial charge in [-0.05, 0) is 97.7 Å². The van der Waals surface area contributed by atoms with Gasteiger partial charge in [0.15, 0.2) is 0 Å². The minimum absolute atomic E-state index is 0.0381. The number of nitrogens with zero attached hydrogens (tertiary/aromatic N) is 1. The van der Waals surface area contributed by atoms with Gasteiger partial charge in [-0.3, -0.25) is 0 Å². The third kappa shape index (κ3) is 4.37. The number of fused-ring (bicyclic) bond motifs is 5. The van der Waals surface area contributed by atoms with Crippen LogP contribution < -0.4 is 4.90 Å². The molecule has 6 aromatic rings. The Hall–Kier alpha value is -5.14. The first-order valence-electron chi connectivity index (χ1n) is 18.0. The number of para-hydroxylation sites is 2. The summed E-state index contributed by atoms with van der Waals surface area (Å²) in [6.07, 6.45) is 4.34. The molecule has 45 heavy (non-hydrogen) atoms. The van der Waals surface area contributed by atoms with Gasteiger partial charge in [-0.25, -0.2) is 0 Å². The number of allylic oxidation sites excluding steroid dienone is 2. The molecule has 0 saturated heterocycles. The van der Waals surface area contributed by atoms with Crippen molar-refractivity contribution in [2.75, 3.05) is 4.90 Å². The highest BCUT2D eigenvalue weighted by Crippen LogP contribution is 2.62. The highest BCUT2D eigenvalue weighted by Gasteiger charge is 2.49. The van der Waals surface area contributed by atoms with E-state index in [1.54, 1.807) is 4.90 Å². The molecule has 218 valence electrons. The van der Waals surface area contributed by atoms with Gasteiger partial charge in [0.05, 0.1) is 6.85 Å². The smallest absolute Gasteiger partial charge is 0.0645 e. The molecular formula is C44H37N. The van der Waals surface area contributed by atoms with Gasteiger partial charge in [-0.2, -0.15) is 0 Å². The second-order valence-electron chi connectivity index (χ2n) is 13.1. The van der Waals surface area contributed by atoms with Gasteiger partial charge in [0.2, 0.25) is 0 Å². The zero-order chi connectivity index (χ0) is 35.1. The van der Waals surface area contributed by atoms with Gasteiger partial charge in [0, 0.05) is 27.9 Å². The summed E-state index contributed by atoms with van der Waals surface area (Å²) in [6.45, 7) is 9.41. The molecule has 0 amide bonds. The van der Waals surface area contributed by atoms with Crippen LogP contribution in [-0.4, -0.2) is 0 Å². The van der Waals surface area contributed by atoms with Crippen LogP contribution in [0.25, 0.3) is 34.1 Å². The molecule has 2 aliphatic rings. The van der Waals surface area contributed by atoms with Gasteiger partial charge < -0.3 is 4.90 Å². The number of hydrogen-bond donors (Lipinski definition) is 0. The Balaban J connectivity index is 1.12. The molecule has 0 spiro atoms. The maximum Gasteiger partial charge on any atom is 0.0645 e. The molecule has 0 N–H and O–H groups in total. The summed E-state index contributed by atoms with van der Waals surface area (Å²) in [5.41, 5.74) is 12.1. The Bertz CT molecular complexity index is 2410. The largest absolute Gasteiger partial charge is 0.310 e. The van der Waals surface area contributed by atoms with Crippen LogP contribution in [0.4, 0.5) is 17.1 Å². The predicted octanol–water partition coefficient (Wildman–Crippen LogP) is 12.0. The second kappa shape index (κ2) is 10.2. The lowest BCUT2D eigenvalue weighted by Gasteiger charge is -2.28. The van der Waals surface area contributed by atoms with Crippen molar-refractivity contribution in [3.8, 4) is 0 Å². The van der Waals surface area contributed by atoms with Crippen molar-refractivity contribution in [2.45, 2.75) is 38.5 Å². The fraction of sp³-hybridized carbons (Fsp3) is 0.136. The van der Waals surface area contributed by atoms with Crippen LogP contribution in [0, 0.1) is 0 Å². The Morgan fingerprint density at radius 2 is 1.11 bits per heavy atom. The summed E-state index contributed by atoms with van der Waals surface area (Å²) in [5, 5.41) is 2.03. The Morgan fingerprint density at radius 3 is 1.89 bits per heavy atom. The average Bonchev–Trinajstić information content (AvgIpc) is 3.52. The van der Waals surface area contributed by atoms with Gasteiger partial charge in [0.1, 0.15) is 0 Å². The van der Waals surface area contributed by atoms with Crippen LogP contribution in [-0.2, 0) is 10.8 Å². The van der Waals surface area contributed by atoms with Crippen LogP contribution in [0.3, 0.4) is 0 Å². The van der Waals surface area contributed by atoms with E-state index in [2.05, 4.69) is 101 Å². The number of rotatable bonds is 5. The van der Waals surface area contributed by atoms with Crippen LogP contribution in [0.2, 0.25) is 0 Å². The maximum absolute atomic E-state index is 8.69. The molecule has 1 nitrogen and oxygen atoms in total. The van der Waals surface area contributed by atoms with Gasteiger partial charge >= 0.3 is 0 Å². The molecule has 8 rings (SSSR count). The number of benzene rings is 6. The van der Waals surface area contributed by atoms with E-state index in [9.17, 15) is 0 Å². The number of anilines is 3. The van der Waals surface area contributed by atoms with E-state index in [0.29, 0.717) is 11.4 Å². The highest BCUT2D eigenvalue weighted by molar-refractivity contribution is 6.09. The summed E-state index contributed by atoms with van der Waals surface area (Å²) in [4.78, 5) is 1.74. The zero-order valence-electron chi connectivity index (χ0n) is 31.0. The van der Waals surface area contributed by atoms with Crippen molar-refractivity contribution < 1.29 is 6.85 Å². The van der Waals surface area contributed by atoms with Crippen molar-refractivity contribution in [3.63, 3.8) is 0 Å². The van der Waals surface area contributed by atoms with E-state index in [0.717, 1.165) is 21.9 Å². The van der Waals surface area contributed by atoms with Crippen molar-refractivity contribution in [1.29, 1.82) is 0 Å². The molecule has 0 saturated carbocycles. The van der Waals surface area contributed by atoms with Crippen molar-refractivity contribution >= 4 is 51.1 Å². The summed E-state index contributed by atoms with van der Waals surface area (Å²) in [5.74, 6) is 0. The first-order valence-corrected chi connectivity index (χ1v) is 15.5. The lowest BCUT2D eigenvalue weighted by atomic mass is 9.75. The Morgan fingerprint density at radius 1 is 0.511 bits per heavy atom. The first kappa shape index (κ1) is 22.4. The van der Waals surface area contributed by atoms with Crippen molar-refractivity contribution in [1.82, 2.24) is 0 Å². The fourth-order valence-electron chi connectivity index (χ4n) is 7.51. The average molecular weight is 585 g/mol. The molecule has 0 atom stereocenters. The molecule has 1 heteroatoms. The van der Waals surface area contributed by atoms with E-state index < -0.39 is 6.04 Å². The molecular weight excluding hydrogens is 542 g/mol.